The van der Waals surface area contributed by atoms with E-state index in [1.807, 2.05) is 0 Å². The molecule has 0 saturated heterocycles. The van der Waals surface area contributed by atoms with Crippen molar-refractivity contribution >= 4 is 12.0 Å². The number of urea groups is 1. The van der Waals surface area contributed by atoms with Gasteiger partial charge in [-0.25, -0.2) is 4.79 Å². The van der Waals surface area contributed by atoms with Crippen LogP contribution in [0.15, 0.2) is 24.3 Å². The fourth-order valence-electron chi connectivity index (χ4n) is 3.00. The molecule has 1 aliphatic rings. The molecule has 0 aliphatic heterocycles. The van der Waals surface area contributed by atoms with Gasteiger partial charge in [-0.1, -0.05) is 31.2 Å². The number of aliphatic carboxylic acids is 1. The molecule has 0 atom stereocenters. The van der Waals surface area contributed by atoms with Gasteiger partial charge in [0.25, 0.3) is 0 Å². The Morgan fingerprint density at radius 1 is 1.13 bits per heavy atom. The molecular weight excluding hydrogens is 292 g/mol. The lowest BCUT2D eigenvalue weighted by molar-refractivity contribution is -0.142. The average molecular weight is 318 g/mol. The largest absolute Gasteiger partial charge is 0.481 e. The van der Waals surface area contributed by atoms with Crippen molar-refractivity contribution < 1.29 is 14.7 Å². The van der Waals surface area contributed by atoms with Crippen LogP contribution in [0.1, 0.15) is 43.7 Å². The van der Waals surface area contributed by atoms with Crippen LogP contribution in [0.25, 0.3) is 0 Å². The molecule has 2 rings (SSSR count). The van der Waals surface area contributed by atoms with Crippen LogP contribution in [0.4, 0.5) is 4.79 Å². The standard InChI is InChI=1S/C18H26N2O3/c1-3-13-4-6-14(7-5-13)12-20(2)18(23)19-16-10-8-15(9-11-16)17(21)22/h4-7,15-16H,3,8-12H2,1-2H3,(H,19,23)(H,21,22). The van der Waals surface area contributed by atoms with Crippen molar-refractivity contribution in [2.24, 2.45) is 5.92 Å². The van der Waals surface area contributed by atoms with Crippen LogP contribution >= 0.6 is 0 Å². The van der Waals surface area contributed by atoms with Crippen LogP contribution < -0.4 is 5.32 Å². The molecule has 0 radical (unpaired) electrons. The molecule has 23 heavy (non-hydrogen) atoms. The van der Waals surface area contributed by atoms with E-state index in [1.165, 1.54) is 5.56 Å². The van der Waals surface area contributed by atoms with Gasteiger partial charge in [0.2, 0.25) is 0 Å². The van der Waals surface area contributed by atoms with E-state index in [-0.39, 0.29) is 18.0 Å². The maximum atomic E-state index is 12.3. The van der Waals surface area contributed by atoms with Crippen molar-refractivity contribution in [2.75, 3.05) is 7.05 Å². The van der Waals surface area contributed by atoms with Crippen molar-refractivity contribution in [2.45, 2.75) is 51.6 Å². The maximum Gasteiger partial charge on any atom is 0.317 e. The lowest BCUT2D eigenvalue weighted by atomic mass is 9.86. The quantitative estimate of drug-likeness (QED) is 0.876. The van der Waals surface area contributed by atoms with Crippen LogP contribution in [0, 0.1) is 5.92 Å². The zero-order chi connectivity index (χ0) is 16.8. The van der Waals surface area contributed by atoms with Crippen molar-refractivity contribution in [3.05, 3.63) is 35.4 Å². The highest BCUT2D eigenvalue weighted by Gasteiger charge is 2.27. The van der Waals surface area contributed by atoms with Gasteiger partial charge in [0, 0.05) is 19.6 Å². The maximum absolute atomic E-state index is 12.3. The third kappa shape index (κ3) is 4.98. The summed E-state index contributed by atoms with van der Waals surface area (Å²) < 4.78 is 0. The molecule has 1 aromatic carbocycles. The van der Waals surface area contributed by atoms with E-state index in [0.717, 1.165) is 24.8 Å². The van der Waals surface area contributed by atoms with E-state index < -0.39 is 5.97 Å². The lowest BCUT2D eigenvalue weighted by Gasteiger charge is -2.28. The van der Waals surface area contributed by atoms with Crippen molar-refractivity contribution in [1.29, 1.82) is 0 Å². The summed E-state index contributed by atoms with van der Waals surface area (Å²) in [5, 5.41) is 12.0. The molecule has 2 N–H and O–H groups in total. The number of rotatable bonds is 5. The number of hydrogen-bond acceptors (Lipinski definition) is 2. The van der Waals surface area contributed by atoms with Crippen LogP contribution in [0.5, 0.6) is 0 Å². The molecule has 1 aliphatic carbocycles. The Hall–Kier alpha value is -2.04. The summed E-state index contributed by atoms with van der Waals surface area (Å²) in [7, 11) is 1.78. The normalized spacial score (nSPS) is 20.8. The summed E-state index contributed by atoms with van der Waals surface area (Å²) in [6.07, 6.45) is 3.77. The Balaban J connectivity index is 1.79. The minimum Gasteiger partial charge on any atom is -0.481 e. The molecule has 5 nitrogen and oxygen atoms in total. The molecule has 0 aromatic heterocycles. The zero-order valence-electron chi connectivity index (χ0n) is 13.9. The number of carbonyl (C=O) groups is 2. The number of nitrogens with one attached hydrogen (secondary N) is 1. The molecule has 1 saturated carbocycles. The smallest absolute Gasteiger partial charge is 0.317 e. The second kappa shape index (κ2) is 7.99. The molecule has 0 spiro atoms. The second-order valence-electron chi connectivity index (χ2n) is 6.36. The van der Waals surface area contributed by atoms with Gasteiger partial charge in [-0.15, -0.1) is 0 Å². The van der Waals surface area contributed by atoms with Gasteiger partial charge >= 0.3 is 12.0 Å². The topological polar surface area (TPSA) is 69.6 Å². The Morgan fingerprint density at radius 3 is 2.22 bits per heavy atom. The van der Waals surface area contributed by atoms with Crippen LogP contribution in [0.3, 0.4) is 0 Å². The van der Waals surface area contributed by atoms with Gasteiger partial charge in [-0.2, -0.15) is 0 Å². The fraction of sp³-hybridized carbons (Fsp3) is 0.556. The van der Waals surface area contributed by atoms with Gasteiger partial charge in [0.15, 0.2) is 0 Å². The van der Waals surface area contributed by atoms with Gasteiger partial charge < -0.3 is 15.3 Å². The molecule has 1 fully saturated rings. The van der Waals surface area contributed by atoms with Crippen molar-refractivity contribution in [3.63, 3.8) is 0 Å². The van der Waals surface area contributed by atoms with Crippen LogP contribution in [-0.4, -0.2) is 35.1 Å². The van der Waals surface area contributed by atoms with E-state index in [9.17, 15) is 9.59 Å². The van der Waals surface area contributed by atoms with Gasteiger partial charge in [0.05, 0.1) is 5.92 Å². The Labute approximate surface area is 137 Å². The summed E-state index contributed by atoms with van der Waals surface area (Å²) in [6.45, 7) is 2.69. The Kier molecular flexibility index (Phi) is 6.02. The number of aryl methyl sites for hydroxylation is 1. The first-order valence-electron chi connectivity index (χ1n) is 8.31. The highest BCUT2D eigenvalue weighted by atomic mass is 16.4. The molecule has 0 unspecified atom stereocenters. The number of carboxylic acid groups (broad SMARTS) is 1. The number of hydrogen-bond donors (Lipinski definition) is 2. The summed E-state index contributed by atoms with van der Waals surface area (Å²) >= 11 is 0. The molecular formula is C18H26N2O3. The highest BCUT2D eigenvalue weighted by Crippen LogP contribution is 2.24. The zero-order valence-corrected chi connectivity index (χ0v) is 13.9. The minimum atomic E-state index is -0.720. The molecule has 0 heterocycles. The molecule has 2 amide bonds. The number of carbonyl (C=O) groups excluding carboxylic acids is 1. The number of carboxylic acids is 1. The SMILES string of the molecule is CCc1ccc(CN(C)C(=O)NC2CCC(C(=O)O)CC2)cc1. The Bertz CT molecular complexity index is 534. The first-order chi connectivity index (χ1) is 11.0. The van der Waals surface area contributed by atoms with Crippen LogP contribution in [0.2, 0.25) is 0 Å². The van der Waals surface area contributed by atoms with E-state index in [4.69, 9.17) is 5.11 Å². The summed E-state index contributed by atoms with van der Waals surface area (Å²) in [4.78, 5) is 24.9. The number of amides is 2. The number of benzene rings is 1. The van der Waals surface area contributed by atoms with E-state index in [2.05, 4.69) is 36.5 Å². The highest BCUT2D eigenvalue weighted by molar-refractivity contribution is 5.74. The van der Waals surface area contributed by atoms with Crippen LogP contribution in [-0.2, 0) is 17.8 Å². The molecule has 1 aromatic rings. The van der Waals surface area contributed by atoms with E-state index in [0.29, 0.717) is 19.4 Å². The molecule has 5 heteroatoms. The van der Waals surface area contributed by atoms with E-state index in [1.54, 1.807) is 11.9 Å². The van der Waals surface area contributed by atoms with E-state index >= 15 is 0 Å². The predicted molar refractivity (Wildman–Crippen MR) is 89.2 cm³/mol. The third-order valence-electron chi connectivity index (χ3n) is 4.60. The minimum absolute atomic E-state index is 0.0861. The average Bonchev–Trinajstić information content (AvgIpc) is 2.56. The summed E-state index contributed by atoms with van der Waals surface area (Å²) in [6, 6.07) is 8.29. The number of nitrogens with zero attached hydrogens (tertiary/aromatic N) is 1. The predicted octanol–water partition coefficient (Wildman–Crippen LogP) is 3.03. The van der Waals surface area contributed by atoms with Crippen molar-refractivity contribution in [3.8, 4) is 0 Å². The first-order valence-corrected chi connectivity index (χ1v) is 8.31. The molecule has 0 bridgehead atoms. The van der Waals surface area contributed by atoms with Crippen molar-refractivity contribution in [1.82, 2.24) is 10.2 Å². The Morgan fingerprint density at radius 2 is 1.70 bits per heavy atom. The monoisotopic (exact) mass is 318 g/mol. The fourth-order valence-corrected chi connectivity index (χ4v) is 3.00. The summed E-state index contributed by atoms with van der Waals surface area (Å²) in [5.41, 5.74) is 2.39. The molecule has 126 valence electrons. The first kappa shape index (κ1) is 17.3. The third-order valence-corrected chi connectivity index (χ3v) is 4.60. The second-order valence-corrected chi connectivity index (χ2v) is 6.36. The lowest BCUT2D eigenvalue weighted by Crippen LogP contribution is -2.44. The summed E-state index contributed by atoms with van der Waals surface area (Å²) in [5.74, 6) is -0.972. The van der Waals surface area contributed by atoms with Gasteiger partial charge in [0.1, 0.15) is 0 Å². The van der Waals surface area contributed by atoms with Gasteiger partial charge in [-0.05, 0) is 43.2 Å². The van der Waals surface area contributed by atoms with Gasteiger partial charge in [-0.3, -0.25) is 4.79 Å².